The molecule has 14 heavy (non-hydrogen) atoms. The Morgan fingerprint density at radius 2 is 2.00 bits per heavy atom. The van der Waals surface area contributed by atoms with Gasteiger partial charge in [-0.25, -0.2) is 0 Å². The number of aryl methyl sites for hydroxylation is 2. The number of hydrogen-bond donors (Lipinski definition) is 1. The van der Waals surface area contributed by atoms with Gasteiger partial charge in [0.25, 0.3) is 0 Å². The van der Waals surface area contributed by atoms with Crippen molar-refractivity contribution < 1.29 is 4.74 Å². The minimum atomic E-state index is 0.582. The lowest BCUT2D eigenvalue weighted by molar-refractivity contribution is 0.406. The Morgan fingerprint density at radius 1 is 1.36 bits per heavy atom. The zero-order chi connectivity index (χ0) is 10.7. The van der Waals surface area contributed by atoms with Crippen LogP contribution in [0.2, 0.25) is 5.02 Å². The van der Waals surface area contributed by atoms with Crippen molar-refractivity contribution in [1.82, 2.24) is 0 Å². The molecule has 0 saturated heterocycles. The molecule has 0 bridgehead atoms. The van der Waals surface area contributed by atoms with Crippen molar-refractivity contribution >= 4 is 11.6 Å². The molecule has 0 aromatic heterocycles. The van der Waals surface area contributed by atoms with Crippen molar-refractivity contribution in [1.29, 1.82) is 0 Å². The number of rotatable bonds is 3. The number of ether oxygens (including phenoxy) is 1. The molecule has 0 heterocycles. The first-order valence-electron chi connectivity index (χ1n) is 4.64. The van der Waals surface area contributed by atoms with E-state index in [-0.39, 0.29) is 0 Å². The van der Waals surface area contributed by atoms with E-state index in [1.165, 1.54) is 0 Å². The fourth-order valence-corrected chi connectivity index (χ4v) is 1.92. The van der Waals surface area contributed by atoms with E-state index < -0.39 is 0 Å². The van der Waals surface area contributed by atoms with Crippen LogP contribution in [-0.2, 0) is 6.42 Å². The first kappa shape index (κ1) is 11.3. The molecular formula is C11H16ClNO. The summed E-state index contributed by atoms with van der Waals surface area (Å²) in [5, 5.41) is 0.776. The smallest absolute Gasteiger partial charge is 0.126 e. The van der Waals surface area contributed by atoms with Gasteiger partial charge in [-0.3, -0.25) is 0 Å². The van der Waals surface area contributed by atoms with Gasteiger partial charge in [0.2, 0.25) is 0 Å². The van der Waals surface area contributed by atoms with Crippen LogP contribution >= 0.6 is 11.6 Å². The fraction of sp³-hybridized carbons (Fsp3) is 0.455. The molecule has 0 aliphatic heterocycles. The summed E-state index contributed by atoms with van der Waals surface area (Å²) in [5.41, 5.74) is 8.75. The highest BCUT2D eigenvalue weighted by Gasteiger charge is 2.12. The summed E-state index contributed by atoms with van der Waals surface area (Å²) >= 11 is 6.19. The molecule has 0 atom stereocenters. The zero-order valence-electron chi connectivity index (χ0n) is 8.86. The van der Waals surface area contributed by atoms with Gasteiger partial charge < -0.3 is 10.5 Å². The lowest BCUT2D eigenvalue weighted by atomic mass is 10.0. The maximum absolute atomic E-state index is 6.19. The molecule has 78 valence electrons. The van der Waals surface area contributed by atoms with Crippen LogP contribution in [0.25, 0.3) is 0 Å². The van der Waals surface area contributed by atoms with Gasteiger partial charge in [0.05, 0.1) is 12.1 Å². The lowest BCUT2D eigenvalue weighted by Crippen LogP contribution is -2.06. The molecule has 2 nitrogen and oxygen atoms in total. The Balaban J connectivity index is 3.32. The monoisotopic (exact) mass is 213 g/mol. The molecule has 0 saturated carbocycles. The Morgan fingerprint density at radius 3 is 2.50 bits per heavy atom. The molecule has 2 N–H and O–H groups in total. The van der Waals surface area contributed by atoms with Gasteiger partial charge >= 0.3 is 0 Å². The molecule has 0 spiro atoms. The van der Waals surface area contributed by atoms with Crippen LogP contribution < -0.4 is 10.5 Å². The molecule has 0 unspecified atom stereocenters. The minimum Gasteiger partial charge on any atom is -0.496 e. The van der Waals surface area contributed by atoms with Gasteiger partial charge in [0.15, 0.2) is 0 Å². The molecule has 0 aliphatic carbocycles. The topological polar surface area (TPSA) is 35.2 Å². The average Bonchev–Trinajstić information content (AvgIpc) is 2.14. The average molecular weight is 214 g/mol. The third kappa shape index (κ3) is 2.02. The second-order valence-electron chi connectivity index (χ2n) is 3.37. The third-order valence-electron chi connectivity index (χ3n) is 2.27. The minimum absolute atomic E-state index is 0.582. The Kier molecular flexibility index (Phi) is 3.78. The molecule has 0 amide bonds. The number of methoxy groups -OCH3 is 1. The van der Waals surface area contributed by atoms with Crippen LogP contribution in [0, 0.1) is 13.8 Å². The Bertz CT molecular complexity index is 337. The summed E-state index contributed by atoms with van der Waals surface area (Å²) in [5.74, 6) is 0.867. The summed E-state index contributed by atoms with van der Waals surface area (Å²) in [7, 11) is 1.66. The molecule has 0 aliphatic rings. The predicted octanol–water partition coefficient (Wildman–Crippen LogP) is 2.47. The van der Waals surface area contributed by atoms with Crippen LogP contribution in [-0.4, -0.2) is 13.7 Å². The molecular weight excluding hydrogens is 198 g/mol. The van der Waals surface area contributed by atoms with Crippen molar-refractivity contribution in [3.05, 3.63) is 27.8 Å². The Labute approximate surface area is 90.0 Å². The molecule has 0 fully saturated rings. The quantitative estimate of drug-likeness (QED) is 0.837. The maximum atomic E-state index is 6.19. The third-order valence-corrected chi connectivity index (χ3v) is 2.80. The van der Waals surface area contributed by atoms with E-state index in [0.29, 0.717) is 6.54 Å². The maximum Gasteiger partial charge on any atom is 0.126 e. The second-order valence-corrected chi connectivity index (χ2v) is 3.75. The van der Waals surface area contributed by atoms with E-state index in [9.17, 15) is 0 Å². The SMILES string of the molecule is COc1c(C)cc(C)c(Cl)c1CCN. The van der Waals surface area contributed by atoms with Gasteiger partial charge in [-0.05, 0) is 37.9 Å². The van der Waals surface area contributed by atoms with E-state index in [4.69, 9.17) is 22.1 Å². The van der Waals surface area contributed by atoms with E-state index in [1.807, 2.05) is 19.9 Å². The summed E-state index contributed by atoms with van der Waals surface area (Å²) in [6.07, 6.45) is 0.754. The normalized spacial score (nSPS) is 10.4. The zero-order valence-corrected chi connectivity index (χ0v) is 9.61. The van der Waals surface area contributed by atoms with E-state index in [0.717, 1.165) is 33.9 Å². The van der Waals surface area contributed by atoms with Crippen LogP contribution in [0.5, 0.6) is 5.75 Å². The summed E-state index contributed by atoms with van der Waals surface area (Å²) in [6, 6.07) is 2.03. The van der Waals surface area contributed by atoms with Gasteiger partial charge in [0.1, 0.15) is 5.75 Å². The lowest BCUT2D eigenvalue weighted by Gasteiger charge is -2.14. The van der Waals surface area contributed by atoms with Gasteiger partial charge in [-0.2, -0.15) is 0 Å². The van der Waals surface area contributed by atoms with Gasteiger partial charge in [0, 0.05) is 5.56 Å². The number of hydrogen-bond acceptors (Lipinski definition) is 2. The first-order chi connectivity index (χ1) is 6.61. The van der Waals surface area contributed by atoms with Crippen LogP contribution in [0.15, 0.2) is 6.07 Å². The van der Waals surface area contributed by atoms with Crippen molar-refractivity contribution in [2.24, 2.45) is 5.73 Å². The van der Waals surface area contributed by atoms with Crippen molar-refractivity contribution in [3.63, 3.8) is 0 Å². The van der Waals surface area contributed by atoms with Crippen LogP contribution in [0.1, 0.15) is 16.7 Å². The first-order valence-corrected chi connectivity index (χ1v) is 5.02. The number of nitrogens with two attached hydrogens (primary N) is 1. The Hall–Kier alpha value is -0.730. The van der Waals surface area contributed by atoms with Crippen molar-refractivity contribution in [2.45, 2.75) is 20.3 Å². The number of benzene rings is 1. The van der Waals surface area contributed by atoms with Crippen LogP contribution in [0.3, 0.4) is 0 Å². The van der Waals surface area contributed by atoms with Crippen molar-refractivity contribution in [3.8, 4) is 5.75 Å². The summed E-state index contributed by atoms with van der Waals surface area (Å²) in [4.78, 5) is 0. The molecule has 0 radical (unpaired) electrons. The van der Waals surface area contributed by atoms with E-state index in [2.05, 4.69) is 0 Å². The largest absolute Gasteiger partial charge is 0.496 e. The highest BCUT2D eigenvalue weighted by atomic mass is 35.5. The fourth-order valence-electron chi connectivity index (χ4n) is 1.68. The van der Waals surface area contributed by atoms with Crippen molar-refractivity contribution in [2.75, 3.05) is 13.7 Å². The number of halogens is 1. The van der Waals surface area contributed by atoms with E-state index >= 15 is 0 Å². The highest BCUT2D eigenvalue weighted by molar-refractivity contribution is 6.32. The van der Waals surface area contributed by atoms with Gasteiger partial charge in [-0.15, -0.1) is 0 Å². The van der Waals surface area contributed by atoms with Gasteiger partial charge in [-0.1, -0.05) is 17.7 Å². The molecule has 1 rings (SSSR count). The molecule has 1 aromatic carbocycles. The highest BCUT2D eigenvalue weighted by Crippen LogP contribution is 2.33. The van der Waals surface area contributed by atoms with Crippen LogP contribution in [0.4, 0.5) is 0 Å². The summed E-state index contributed by atoms with van der Waals surface area (Å²) < 4.78 is 5.32. The van der Waals surface area contributed by atoms with E-state index in [1.54, 1.807) is 7.11 Å². The molecule has 3 heteroatoms. The summed E-state index contributed by atoms with van der Waals surface area (Å²) in [6.45, 7) is 4.59. The predicted molar refractivity (Wildman–Crippen MR) is 60.2 cm³/mol. The standard InChI is InChI=1S/C11H16ClNO/c1-7-6-8(2)11(14-3)9(4-5-13)10(7)12/h6H,4-5,13H2,1-3H3. The molecule has 1 aromatic rings. The second kappa shape index (κ2) is 4.67.